The zero-order valence-electron chi connectivity index (χ0n) is 9.65. The minimum absolute atomic E-state index is 0.162. The van der Waals surface area contributed by atoms with Crippen molar-refractivity contribution in [2.24, 2.45) is 0 Å². The van der Waals surface area contributed by atoms with Crippen molar-refractivity contribution in [2.75, 3.05) is 5.75 Å². The molecular weight excluding hydrogens is 300 g/mol. The van der Waals surface area contributed by atoms with Gasteiger partial charge in [0.25, 0.3) is 0 Å². The summed E-state index contributed by atoms with van der Waals surface area (Å²) in [6, 6.07) is 5.89. The zero-order valence-corrected chi connectivity index (χ0v) is 12.1. The van der Waals surface area contributed by atoms with E-state index < -0.39 is 6.10 Å². The second kappa shape index (κ2) is 4.18. The van der Waals surface area contributed by atoms with Gasteiger partial charge in [0, 0.05) is 21.7 Å². The van der Waals surface area contributed by atoms with Crippen molar-refractivity contribution in [1.29, 1.82) is 0 Å². The molecule has 1 N–H and O–H groups in total. The summed E-state index contributed by atoms with van der Waals surface area (Å²) in [6.07, 6.45) is 1.34. The molecule has 0 aromatic heterocycles. The molecule has 2 aliphatic rings. The van der Waals surface area contributed by atoms with Crippen LogP contribution >= 0.6 is 27.7 Å². The molecule has 1 saturated heterocycles. The van der Waals surface area contributed by atoms with Crippen LogP contribution in [0.2, 0.25) is 0 Å². The highest BCUT2D eigenvalue weighted by Crippen LogP contribution is 2.49. The first-order valence-electron chi connectivity index (χ1n) is 5.89. The third-order valence-electron chi connectivity index (χ3n) is 3.82. The molecule has 0 aliphatic carbocycles. The first-order valence-corrected chi connectivity index (χ1v) is 7.73. The van der Waals surface area contributed by atoms with Crippen LogP contribution < -0.4 is 4.74 Å². The number of hydrogen-bond acceptors (Lipinski definition) is 3. The summed E-state index contributed by atoms with van der Waals surface area (Å²) in [6.45, 7) is 2.20. The summed E-state index contributed by atoms with van der Waals surface area (Å²) in [5.41, 5.74) is 0.749. The standard InChI is InChI=1S/C13H15BrO2S/c1-8-13(4-5-17-8)7-11(15)10-6-9(14)2-3-12(10)16-13/h2-3,6,8,11,15H,4-5,7H2,1H3/t8?,11-,13?/m0/s1. The summed E-state index contributed by atoms with van der Waals surface area (Å²) >= 11 is 5.37. The molecule has 2 heterocycles. The Kier molecular flexibility index (Phi) is 2.92. The van der Waals surface area contributed by atoms with Crippen LogP contribution in [0.4, 0.5) is 0 Å². The van der Waals surface area contributed by atoms with Crippen molar-refractivity contribution in [3.63, 3.8) is 0 Å². The van der Waals surface area contributed by atoms with Crippen LogP contribution in [0.25, 0.3) is 0 Å². The van der Waals surface area contributed by atoms with Crippen LogP contribution in [0.1, 0.15) is 31.4 Å². The fourth-order valence-corrected chi connectivity index (χ4v) is 4.50. The molecule has 1 aromatic carbocycles. The molecule has 2 aliphatic heterocycles. The third kappa shape index (κ3) is 1.90. The fraction of sp³-hybridized carbons (Fsp3) is 0.538. The zero-order chi connectivity index (χ0) is 12.0. The second-order valence-electron chi connectivity index (χ2n) is 4.83. The van der Waals surface area contributed by atoms with Gasteiger partial charge in [0.1, 0.15) is 11.4 Å². The number of aliphatic hydroxyl groups is 1. The van der Waals surface area contributed by atoms with E-state index in [1.165, 1.54) is 0 Å². The van der Waals surface area contributed by atoms with Crippen LogP contribution in [0.15, 0.2) is 22.7 Å². The van der Waals surface area contributed by atoms with Crippen molar-refractivity contribution in [3.05, 3.63) is 28.2 Å². The number of aliphatic hydroxyl groups excluding tert-OH is 1. The Bertz CT molecular complexity index is 451. The van der Waals surface area contributed by atoms with Crippen LogP contribution in [0.5, 0.6) is 5.75 Å². The monoisotopic (exact) mass is 314 g/mol. The predicted molar refractivity (Wildman–Crippen MR) is 73.6 cm³/mol. The van der Waals surface area contributed by atoms with E-state index in [-0.39, 0.29) is 5.60 Å². The lowest BCUT2D eigenvalue weighted by Gasteiger charge is -2.40. The van der Waals surface area contributed by atoms with Crippen molar-refractivity contribution in [1.82, 2.24) is 0 Å². The highest BCUT2D eigenvalue weighted by molar-refractivity contribution is 9.10. The van der Waals surface area contributed by atoms with E-state index in [0.29, 0.717) is 11.7 Å². The minimum Gasteiger partial charge on any atom is -0.486 e. The van der Waals surface area contributed by atoms with Gasteiger partial charge in [0.2, 0.25) is 0 Å². The quantitative estimate of drug-likeness (QED) is 0.794. The molecule has 2 unspecified atom stereocenters. The fourth-order valence-electron chi connectivity index (χ4n) is 2.74. The average Bonchev–Trinajstić information content (AvgIpc) is 2.62. The van der Waals surface area contributed by atoms with Gasteiger partial charge in [-0.05, 0) is 37.3 Å². The summed E-state index contributed by atoms with van der Waals surface area (Å²) in [4.78, 5) is 0. The van der Waals surface area contributed by atoms with E-state index in [2.05, 4.69) is 22.9 Å². The lowest BCUT2D eigenvalue weighted by atomic mass is 9.85. The molecule has 0 saturated carbocycles. The van der Waals surface area contributed by atoms with E-state index >= 15 is 0 Å². The lowest BCUT2D eigenvalue weighted by molar-refractivity contribution is -0.0103. The number of rotatable bonds is 0. The van der Waals surface area contributed by atoms with Crippen LogP contribution in [0.3, 0.4) is 0 Å². The number of ether oxygens (including phenoxy) is 1. The Morgan fingerprint density at radius 3 is 3.06 bits per heavy atom. The first kappa shape index (κ1) is 11.9. The highest BCUT2D eigenvalue weighted by atomic mass is 79.9. The maximum atomic E-state index is 10.3. The molecule has 3 rings (SSSR count). The number of halogens is 1. The maximum Gasteiger partial charge on any atom is 0.126 e. The summed E-state index contributed by atoms with van der Waals surface area (Å²) in [7, 11) is 0. The molecule has 1 fully saturated rings. The minimum atomic E-state index is -0.405. The molecular formula is C13H15BrO2S. The Hall–Kier alpha value is -0.190. The van der Waals surface area contributed by atoms with E-state index in [0.717, 1.165) is 28.0 Å². The molecule has 92 valence electrons. The van der Waals surface area contributed by atoms with Crippen LogP contribution in [-0.2, 0) is 0 Å². The predicted octanol–water partition coefficient (Wildman–Crippen LogP) is 3.53. The van der Waals surface area contributed by atoms with Gasteiger partial charge in [-0.15, -0.1) is 0 Å². The highest BCUT2D eigenvalue weighted by Gasteiger charge is 2.48. The van der Waals surface area contributed by atoms with Crippen molar-refractivity contribution >= 4 is 27.7 Å². The van der Waals surface area contributed by atoms with Crippen molar-refractivity contribution in [2.45, 2.75) is 36.7 Å². The normalized spacial score (nSPS) is 35.7. The SMILES string of the molecule is CC1SCCC12C[C@H](O)c1cc(Br)ccc1O2. The largest absolute Gasteiger partial charge is 0.486 e. The first-order chi connectivity index (χ1) is 8.11. The molecule has 0 radical (unpaired) electrons. The van der Waals surface area contributed by atoms with Crippen LogP contribution in [0, 0.1) is 0 Å². The Balaban J connectivity index is 2.01. The number of thioether (sulfide) groups is 1. The van der Waals surface area contributed by atoms with Crippen molar-refractivity contribution in [3.8, 4) is 5.75 Å². The Morgan fingerprint density at radius 1 is 1.53 bits per heavy atom. The number of hydrogen-bond donors (Lipinski definition) is 1. The van der Waals surface area contributed by atoms with Gasteiger partial charge in [-0.25, -0.2) is 0 Å². The Morgan fingerprint density at radius 2 is 2.35 bits per heavy atom. The molecule has 4 heteroatoms. The molecule has 3 atom stereocenters. The van der Waals surface area contributed by atoms with Gasteiger partial charge >= 0.3 is 0 Å². The van der Waals surface area contributed by atoms with Gasteiger partial charge in [-0.2, -0.15) is 11.8 Å². The van der Waals surface area contributed by atoms with Crippen molar-refractivity contribution < 1.29 is 9.84 Å². The van der Waals surface area contributed by atoms with E-state index in [4.69, 9.17) is 4.74 Å². The number of fused-ring (bicyclic) bond motifs is 1. The Labute approximate surface area is 114 Å². The molecule has 17 heavy (non-hydrogen) atoms. The van der Waals surface area contributed by atoms with Gasteiger partial charge in [0.05, 0.1) is 6.10 Å². The third-order valence-corrected chi connectivity index (χ3v) is 5.68. The maximum absolute atomic E-state index is 10.3. The topological polar surface area (TPSA) is 29.5 Å². The number of benzene rings is 1. The lowest BCUT2D eigenvalue weighted by Crippen LogP contribution is -2.45. The molecule has 0 amide bonds. The molecule has 1 aromatic rings. The second-order valence-corrected chi connectivity index (χ2v) is 7.20. The summed E-state index contributed by atoms with van der Waals surface area (Å²) in [5, 5.41) is 10.8. The van der Waals surface area contributed by atoms with E-state index in [9.17, 15) is 5.11 Å². The van der Waals surface area contributed by atoms with Crippen LogP contribution in [-0.4, -0.2) is 21.7 Å². The average molecular weight is 315 g/mol. The molecule has 2 nitrogen and oxygen atoms in total. The van der Waals surface area contributed by atoms with Gasteiger partial charge in [-0.3, -0.25) is 0 Å². The van der Waals surface area contributed by atoms with E-state index in [1.807, 2.05) is 30.0 Å². The molecule has 0 bridgehead atoms. The van der Waals surface area contributed by atoms with Gasteiger partial charge in [-0.1, -0.05) is 15.9 Å². The van der Waals surface area contributed by atoms with Gasteiger partial charge < -0.3 is 9.84 Å². The molecule has 1 spiro atoms. The van der Waals surface area contributed by atoms with E-state index in [1.54, 1.807) is 0 Å². The summed E-state index contributed by atoms with van der Waals surface area (Å²) in [5.74, 6) is 1.97. The smallest absolute Gasteiger partial charge is 0.126 e. The summed E-state index contributed by atoms with van der Waals surface area (Å²) < 4.78 is 7.21. The van der Waals surface area contributed by atoms with Gasteiger partial charge in [0.15, 0.2) is 0 Å².